The van der Waals surface area contributed by atoms with E-state index in [4.69, 9.17) is 4.74 Å². The van der Waals surface area contributed by atoms with Crippen LogP contribution >= 0.6 is 0 Å². The van der Waals surface area contributed by atoms with Crippen molar-refractivity contribution in [3.05, 3.63) is 130 Å². The number of hydrogen-bond acceptors (Lipinski definition) is 2. The van der Waals surface area contributed by atoms with Gasteiger partial charge in [0, 0.05) is 0 Å². The predicted molar refractivity (Wildman–Crippen MR) is 135 cm³/mol. The van der Waals surface area contributed by atoms with Gasteiger partial charge in [0.25, 0.3) is 0 Å². The number of esters is 1. The molecule has 0 heterocycles. The molecule has 0 aromatic heterocycles. The van der Waals surface area contributed by atoms with Crippen molar-refractivity contribution < 1.29 is 9.53 Å². The molecule has 0 atom stereocenters. The zero-order chi connectivity index (χ0) is 22.2. The second kappa shape index (κ2) is 10.5. The Labute approximate surface area is 194 Å². The fourth-order valence-corrected chi connectivity index (χ4v) is 17.9. The second-order valence-corrected chi connectivity index (χ2v) is 18.3. The Balaban J connectivity index is 2.13. The molecule has 0 aliphatic heterocycles. The van der Waals surface area contributed by atoms with Crippen molar-refractivity contribution in [3.8, 4) is 0 Å². The normalized spacial score (nSPS) is 11.7. The van der Waals surface area contributed by atoms with Crippen LogP contribution in [0.1, 0.15) is 12.5 Å². The van der Waals surface area contributed by atoms with Gasteiger partial charge < -0.3 is 0 Å². The molecule has 0 radical (unpaired) electrons. The maximum atomic E-state index is 13.7. The van der Waals surface area contributed by atoms with Gasteiger partial charge in [0.05, 0.1) is 0 Å². The van der Waals surface area contributed by atoms with Crippen LogP contribution in [0.5, 0.6) is 0 Å². The van der Waals surface area contributed by atoms with E-state index in [0.717, 1.165) is 9.15 Å². The molecule has 32 heavy (non-hydrogen) atoms. The van der Waals surface area contributed by atoms with Gasteiger partial charge in [0.2, 0.25) is 0 Å². The molecule has 0 N–H and O–H groups in total. The minimum absolute atomic E-state index is 0.233. The third-order valence-electron chi connectivity index (χ3n) is 5.63. The first kappa shape index (κ1) is 22.1. The van der Waals surface area contributed by atoms with Crippen molar-refractivity contribution in [3.63, 3.8) is 0 Å². The van der Waals surface area contributed by atoms with Crippen molar-refractivity contribution in [2.75, 3.05) is 6.61 Å². The van der Waals surface area contributed by atoms with Crippen LogP contribution in [-0.2, 0) is 9.53 Å². The molecular weight excluding hydrogens is 499 g/mol. The molecule has 0 fully saturated rings. The molecule has 3 heteroatoms. The summed E-state index contributed by atoms with van der Waals surface area (Å²) in [4.78, 5) is 13.7. The molecule has 0 saturated heterocycles. The minimum atomic E-state index is -4.03. The van der Waals surface area contributed by atoms with E-state index in [9.17, 15) is 4.79 Å². The third-order valence-corrected chi connectivity index (χ3v) is 19.2. The number of carbonyl (C=O) groups is 1. The molecule has 4 aromatic carbocycles. The van der Waals surface area contributed by atoms with Gasteiger partial charge in [-0.15, -0.1) is 0 Å². The van der Waals surface area contributed by atoms with Gasteiger partial charge in [-0.1, -0.05) is 0 Å². The summed E-state index contributed by atoms with van der Waals surface area (Å²) in [6, 6.07) is 41.6. The zero-order valence-corrected chi connectivity index (χ0v) is 21.0. The quantitative estimate of drug-likeness (QED) is 0.204. The van der Waals surface area contributed by atoms with Crippen molar-refractivity contribution in [2.45, 2.75) is 6.92 Å². The molecule has 0 unspecified atom stereocenters. The molecular formula is C29H26O2Sn. The Bertz CT molecular complexity index is 1070. The fraction of sp³-hybridized carbons (Fsp3) is 0.0690. The van der Waals surface area contributed by atoms with Gasteiger partial charge in [0.1, 0.15) is 0 Å². The van der Waals surface area contributed by atoms with Crippen molar-refractivity contribution in [1.82, 2.24) is 0 Å². The van der Waals surface area contributed by atoms with Crippen LogP contribution in [0.15, 0.2) is 125 Å². The molecule has 0 saturated carbocycles. The van der Waals surface area contributed by atoms with E-state index in [1.165, 1.54) is 10.7 Å². The van der Waals surface area contributed by atoms with E-state index < -0.39 is 18.4 Å². The standard InChI is InChI=1S/C11H11O2.3C6H5.Sn/c1-2-13-11(12)9-8-10-6-4-3-5-7-10;3*1-2-4-6-5-3-1;/h3-8H,2H2,1H3;3*1-5H;. The van der Waals surface area contributed by atoms with Gasteiger partial charge in [-0.05, 0) is 0 Å². The fourth-order valence-electron chi connectivity index (χ4n) is 4.28. The van der Waals surface area contributed by atoms with Gasteiger partial charge >= 0.3 is 195 Å². The molecule has 0 amide bonds. The van der Waals surface area contributed by atoms with E-state index in [2.05, 4.69) is 78.9 Å². The van der Waals surface area contributed by atoms with Gasteiger partial charge in [0.15, 0.2) is 0 Å². The molecule has 2 nitrogen and oxygen atoms in total. The van der Waals surface area contributed by atoms with E-state index in [-0.39, 0.29) is 5.97 Å². The number of ether oxygens (including phenoxy) is 1. The zero-order valence-electron chi connectivity index (χ0n) is 18.1. The Kier molecular flexibility index (Phi) is 7.23. The van der Waals surface area contributed by atoms with E-state index in [1.807, 2.05) is 55.5 Å². The summed E-state index contributed by atoms with van der Waals surface area (Å²) in [7, 11) is 0. The van der Waals surface area contributed by atoms with Crippen molar-refractivity contribution in [2.24, 2.45) is 0 Å². The van der Waals surface area contributed by atoms with E-state index in [1.54, 1.807) is 0 Å². The average molecular weight is 525 g/mol. The van der Waals surface area contributed by atoms with Gasteiger partial charge in [-0.25, -0.2) is 0 Å². The summed E-state index contributed by atoms with van der Waals surface area (Å²) < 4.78 is 10.1. The summed E-state index contributed by atoms with van der Waals surface area (Å²) in [6.45, 7) is 2.20. The second-order valence-electron chi connectivity index (χ2n) is 7.54. The SMILES string of the molecule is CCOC(=O)/[C](=C/c1ccccc1)[Sn]([c]1ccccc1)([c]1ccccc1)[c]1ccccc1. The first-order chi connectivity index (χ1) is 15.8. The van der Waals surface area contributed by atoms with Crippen LogP contribution in [0.2, 0.25) is 0 Å². The Hall–Kier alpha value is -3.11. The average Bonchev–Trinajstić information content (AvgIpc) is 2.87. The summed E-state index contributed by atoms with van der Waals surface area (Å²) in [5.74, 6) is -0.233. The maximum absolute atomic E-state index is 13.7. The molecule has 0 spiro atoms. The predicted octanol–water partition coefficient (Wildman–Crippen LogP) is 4.34. The number of hydrogen-bond donors (Lipinski definition) is 0. The molecule has 158 valence electrons. The van der Waals surface area contributed by atoms with Crippen LogP contribution in [-0.4, -0.2) is 31.0 Å². The number of benzene rings is 4. The number of carbonyl (C=O) groups excluding carboxylic acids is 1. The van der Waals surface area contributed by atoms with Crippen LogP contribution < -0.4 is 10.7 Å². The Morgan fingerprint density at radius 3 is 1.41 bits per heavy atom. The van der Waals surface area contributed by atoms with Crippen LogP contribution in [0, 0.1) is 0 Å². The molecule has 0 bridgehead atoms. The van der Waals surface area contributed by atoms with Crippen LogP contribution in [0.3, 0.4) is 0 Å². The number of rotatable bonds is 7. The monoisotopic (exact) mass is 526 g/mol. The van der Waals surface area contributed by atoms with Crippen LogP contribution in [0.25, 0.3) is 6.08 Å². The van der Waals surface area contributed by atoms with Crippen molar-refractivity contribution >= 4 is 41.2 Å². The molecule has 0 aliphatic carbocycles. The third kappa shape index (κ3) is 4.42. The first-order valence-corrected chi connectivity index (χ1v) is 16.6. The van der Waals surface area contributed by atoms with Crippen LogP contribution in [0.4, 0.5) is 0 Å². The molecule has 4 aromatic rings. The Morgan fingerprint density at radius 2 is 1.03 bits per heavy atom. The summed E-state index contributed by atoms with van der Waals surface area (Å²) in [5.41, 5.74) is 0.999. The molecule has 4 rings (SSSR count). The first-order valence-electron chi connectivity index (χ1n) is 10.9. The summed E-state index contributed by atoms with van der Waals surface area (Å²) in [5, 5.41) is 0. The Morgan fingerprint density at radius 1 is 0.656 bits per heavy atom. The summed E-state index contributed by atoms with van der Waals surface area (Å²) >= 11 is -4.03. The van der Waals surface area contributed by atoms with E-state index >= 15 is 0 Å². The topological polar surface area (TPSA) is 26.3 Å². The van der Waals surface area contributed by atoms with Gasteiger partial charge in [-0.3, -0.25) is 0 Å². The molecule has 0 aliphatic rings. The van der Waals surface area contributed by atoms with Crippen molar-refractivity contribution in [1.29, 1.82) is 0 Å². The summed E-state index contributed by atoms with van der Waals surface area (Å²) in [6.07, 6.45) is 2.06. The van der Waals surface area contributed by atoms with Gasteiger partial charge in [-0.2, -0.15) is 0 Å². The van der Waals surface area contributed by atoms with E-state index in [0.29, 0.717) is 6.61 Å².